The zero-order valence-corrected chi connectivity index (χ0v) is 18.3. The number of nitrogens with two attached hydrogens (primary N) is 1. The lowest BCUT2D eigenvalue weighted by molar-refractivity contribution is -0.133. The Morgan fingerprint density at radius 3 is 2.74 bits per heavy atom. The first-order valence-corrected chi connectivity index (χ1v) is 9.89. The van der Waals surface area contributed by atoms with Crippen LogP contribution in [0.1, 0.15) is 41.2 Å². The van der Waals surface area contributed by atoms with Crippen molar-refractivity contribution in [2.75, 3.05) is 6.54 Å². The molecule has 4 rings (SSSR count). The number of halogens is 1. The molecule has 8 nitrogen and oxygen atoms in total. The van der Waals surface area contributed by atoms with E-state index in [1.165, 1.54) is 0 Å². The van der Waals surface area contributed by atoms with E-state index in [4.69, 9.17) is 5.73 Å². The van der Waals surface area contributed by atoms with Crippen LogP contribution in [0.5, 0.6) is 0 Å². The Morgan fingerprint density at radius 2 is 2.06 bits per heavy atom. The van der Waals surface area contributed by atoms with Crippen LogP contribution in [0, 0.1) is 18.3 Å². The van der Waals surface area contributed by atoms with Gasteiger partial charge >= 0.3 is 0 Å². The molecule has 1 aromatic carbocycles. The van der Waals surface area contributed by atoms with Gasteiger partial charge in [-0.2, -0.15) is 10.4 Å². The predicted octanol–water partition coefficient (Wildman–Crippen LogP) is 2.55. The van der Waals surface area contributed by atoms with E-state index in [0.717, 1.165) is 22.4 Å². The number of hydrogen-bond acceptors (Lipinski definition) is 6. The number of aromatic nitrogens is 4. The molecule has 0 fully saturated rings. The van der Waals surface area contributed by atoms with Crippen molar-refractivity contribution in [2.24, 2.45) is 5.73 Å². The predicted molar refractivity (Wildman–Crippen MR) is 118 cm³/mol. The van der Waals surface area contributed by atoms with Crippen LogP contribution in [0.25, 0.3) is 11.4 Å². The van der Waals surface area contributed by atoms with Gasteiger partial charge in [0.25, 0.3) is 0 Å². The zero-order valence-electron chi connectivity index (χ0n) is 17.4. The summed E-state index contributed by atoms with van der Waals surface area (Å²) < 4.78 is 1.60. The molecular formula is C22H24ClN7O. The maximum Gasteiger partial charge on any atom is 0.244 e. The van der Waals surface area contributed by atoms with Crippen LogP contribution < -0.4 is 5.73 Å². The van der Waals surface area contributed by atoms with Gasteiger partial charge in [0.1, 0.15) is 18.4 Å². The van der Waals surface area contributed by atoms with Crippen molar-refractivity contribution in [3.8, 4) is 17.5 Å². The molecule has 0 saturated heterocycles. The fourth-order valence-electron chi connectivity index (χ4n) is 3.76. The Balaban J connectivity index is 0.00000272. The minimum absolute atomic E-state index is 0. The Bertz CT molecular complexity index is 1130. The molecular weight excluding hydrogens is 414 g/mol. The molecule has 0 unspecified atom stereocenters. The molecule has 2 N–H and O–H groups in total. The standard InChI is InChI=1S/C22H23N7O.ClH/c1-14(24)22-26-21(16-6-4-3-5-7-16)27-29(22)13-20(30)28-9-8-18-17(12-28)11-25-15(2)19(18)10-23;/h3-7,11,14H,8-9,12-13,24H2,1-2H3;1H/t14-;/m0./s1. The first kappa shape index (κ1) is 22.4. The zero-order chi connectivity index (χ0) is 21.3. The van der Waals surface area contributed by atoms with Gasteiger partial charge in [0.15, 0.2) is 5.82 Å². The van der Waals surface area contributed by atoms with Gasteiger partial charge in [0, 0.05) is 24.8 Å². The average Bonchev–Trinajstić information content (AvgIpc) is 3.18. The number of nitriles is 1. The fraction of sp³-hybridized carbons (Fsp3) is 0.318. The van der Waals surface area contributed by atoms with Gasteiger partial charge < -0.3 is 10.6 Å². The van der Waals surface area contributed by atoms with Crippen molar-refractivity contribution in [3.63, 3.8) is 0 Å². The number of carbonyl (C=O) groups is 1. The number of fused-ring (bicyclic) bond motifs is 1. The third-order valence-corrected chi connectivity index (χ3v) is 5.35. The summed E-state index contributed by atoms with van der Waals surface area (Å²) in [6.07, 6.45) is 2.40. The first-order chi connectivity index (χ1) is 14.5. The maximum absolute atomic E-state index is 13.0. The monoisotopic (exact) mass is 437 g/mol. The summed E-state index contributed by atoms with van der Waals surface area (Å²) in [6, 6.07) is 11.5. The molecule has 0 saturated carbocycles. The van der Waals surface area contributed by atoms with Crippen molar-refractivity contribution < 1.29 is 4.79 Å². The molecule has 3 heterocycles. The molecule has 1 amide bonds. The first-order valence-electron chi connectivity index (χ1n) is 9.89. The van der Waals surface area contributed by atoms with Gasteiger partial charge in [-0.25, -0.2) is 9.67 Å². The summed E-state index contributed by atoms with van der Waals surface area (Å²) in [7, 11) is 0. The minimum atomic E-state index is -0.352. The molecule has 0 radical (unpaired) electrons. The third-order valence-electron chi connectivity index (χ3n) is 5.35. The largest absolute Gasteiger partial charge is 0.336 e. The van der Waals surface area contributed by atoms with Gasteiger partial charge in [0.2, 0.25) is 5.91 Å². The van der Waals surface area contributed by atoms with Gasteiger partial charge in [0.05, 0.1) is 17.3 Å². The number of hydrogen-bond donors (Lipinski definition) is 1. The van der Waals surface area contributed by atoms with E-state index < -0.39 is 0 Å². The summed E-state index contributed by atoms with van der Waals surface area (Å²) in [5, 5.41) is 14.0. The Labute approximate surface area is 187 Å². The summed E-state index contributed by atoms with van der Waals surface area (Å²) >= 11 is 0. The van der Waals surface area contributed by atoms with E-state index in [-0.39, 0.29) is 30.9 Å². The molecule has 31 heavy (non-hydrogen) atoms. The second kappa shape index (κ2) is 9.25. The van der Waals surface area contributed by atoms with Crippen molar-refractivity contribution in [3.05, 3.63) is 64.7 Å². The highest BCUT2D eigenvalue weighted by molar-refractivity contribution is 5.85. The number of rotatable bonds is 4. The quantitative estimate of drug-likeness (QED) is 0.670. The molecule has 0 spiro atoms. The van der Waals surface area contributed by atoms with Crippen LogP contribution in [0.4, 0.5) is 0 Å². The summed E-state index contributed by atoms with van der Waals surface area (Å²) in [6.45, 7) is 4.72. The molecule has 0 bridgehead atoms. The van der Waals surface area contributed by atoms with Crippen LogP contribution in [0.2, 0.25) is 0 Å². The summed E-state index contributed by atoms with van der Waals surface area (Å²) in [5.41, 5.74) is 10.2. The highest BCUT2D eigenvalue weighted by Gasteiger charge is 2.25. The fourth-order valence-corrected chi connectivity index (χ4v) is 3.76. The molecule has 1 atom stereocenters. The topological polar surface area (TPSA) is 114 Å². The van der Waals surface area contributed by atoms with Crippen molar-refractivity contribution in [1.29, 1.82) is 5.26 Å². The number of amides is 1. The molecule has 160 valence electrons. The van der Waals surface area contributed by atoms with E-state index in [2.05, 4.69) is 21.1 Å². The van der Waals surface area contributed by atoms with Gasteiger partial charge in [-0.15, -0.1) is 12.4 Å². The minimum Gasteiger partial charge on any atom is -0.336 e. The van der Waals surface area contributed by atoms with Crippen LogP contribution in [0.15, 0.2) is 36.5 Å². The molecule has 3 aromatic rings. The summed E-state index contributed by atoms with van der Waals surface area (Å²) in [5.74, 6) is 1.06. The Kier molecular flexibility index (Phi) is 6.68. The van der Waals surface area contributed by atoms with Crippen molar-refractivity contribution in [1.82, 2.24) is 24.6 Å². The molecule has 1 aliphatic heterocycles. The number of benzene rings is 1. The lowest BCUT2D eigenvalue weighted by Crippen LogP contribution is -2.39. The van der Waals surface area contributed by atoms with E-state index in [0.29, 0.717) is 36.7 Å². The Hall–Kier alpha value is -3.28. The summed E-state index contributed by atoms with van der Waals surface area (Å²) in [4.78, 5) is 23.7. The van der Waals surface area contributed by atoms with Crippen molar-refractivity contribution >= 4 is 18.3 Å². The van der Waals surface area contributed by atoms with Crippen LogP contribution >= 0.6 is 12.4 Å². The van der Waals surface area contributed by atoms with Crippen LogP contribution in [-0.4, -0.2) is 37.1 Å². The third kappa shape index (κ3) is 4.43. The maximum atomic E-state index is 13.0. The molecule has 0 aliphatic carbocycles. The van der Waals surface area contributed by atoms with Crippen molar-refractivity contribution in [2.45, 2.75) is 39.4 Å². The van der Waals surface area contributed by atoms with E-state index in [9.17, 15) is 10.1 Å². The van der Waals surface area contributed by atoms with E-state index in [1.54, 1.807) is 15.8 Å². The van der Waals surface area contributed by atoms with Gasteiger partial charge in [-0.1, -0.05) is 30.3 Å². The van der Waals surface area contributed by atoms with Crippen LogP contribution in [-0.2, 0) is 24.3 Å². The molecule has 1 aliphatic rings. The second-order valence-electron chi connectivity index (χ2n) is 7.51. The highest BCUT2D eigenvalue weighted by Crippen LogP contribution is 2.24. The van der Waals surface area contributed by atoms with Gasteiger partial charge in [-0.05, 0) is 31.4 Å². The number of pyridine rings is 1. The lowest BCUT2D eigenvalue weighted by atomic mass is 9.95. The molecule has 2 aromatic heterocycles. The van der Waals surface area contributed by atoms with E-state index >= 15 is 0 Å². The molecule has 9 heteroatoms. The lowest BCUT2D eigenvalue weighted by Gasteiger charge is -2.29. The number of aryl methyl sites for hydroxylation is 1. The normalized spacial score (nSPS) is 13.7. The van der Waals surface area contributed by atoms with E-state index in [1.807, 2.05) is 44.2 Å². The number of nitrogens with zero attached hydrogens (tertiary/aromatic N) is 6. The smallest absolute Gasteiger partial charge is 0.244 e. The SMILES string of the molecule is Cc1ncc2c(c1C#N)CCN(C(=O)Cn1nc(-c3ccccc3)nc1[C@H](C)N)C2.Cl. The highest BCUT2D eigenvalue weighted by atomic mass is 35.5. The average molecular weight is 438 g/mol. The van der Waals surface area contributed by atoms with Crippen LogP contribution in [0.3, 0.4) is 0 Å². The second-order valence-corrected chi connectivity index (χ2v) is 7.51. The van der Waals surface area contributed by atoms with Gasteiger partial charge in [-0.3, -0.25) is 9.78 Å². The number of carbonyl (C=O) groups excluding carboxylic acids is 1. The Morgan fingerprint density at radius 1 is 1.32 bits per heavy atom.